The monoisotopic (exact) mass is 227 g/mol. The molecule has 0 atom stereocenters. The first-order chi connectivity index (χ1) is 8.16. The van der Waals surface area contributed by atoms with Gasteiger partial charge in [-0.15, -0.1) is 0 Å². The number of furan rings is 1. The van der Waals surface area contributed by atoms with Crippen molar-refractivity contribution in [1.82, 2.24) is 0 Å². The second-order valence-corrected chi connectivity index (χ2v) is 3.72. The molecule has 1 aromatic carbocycles. The van der Waals surface area contributed by atoms with Gasteiger partial charge in [0.05, 0.1) is 0 Å². The summed E-state index contributed by atoms with van der Waals surface area (Å²) in [6.45, 7) is 1.85. The van der Waals surface area contributed by atoms with E-state index in [2.05, 4.69) is 0 Å². The Bertz CT molecular complexity index is 553. The second-order valence-electron chi connectivity index (χ2n) is 3.72. The average Bonchev–Trinajstić information content (AvgIpc) is 2.69. The quantitative estimate of drug-likeness (QED) is 0.819. The predicted octanol–water partition coefficient (Wildman–Crippen LogP) is 2.75. The molecule has 3 nitrogen and oxygen atoms in total. The van der Waals surface area contributed by atoms with Crippen molar-refractivity contribution in [1.29, 1.82) is 0 Å². The van der Waals surface area contributed by atoms with Gasteiger partial charge in [0, 0.05) is 17.2 Å². The first-order valence-electron chi connectivity index (χ1n) is 5.30. The summed E-state index contributed by atoms with van der Waals surface area (Å²) in [5.74, 6) is 1.08. The van der Waals surface area contributed by atoms with Gasteiger partial charge in [-0.05, 0) is 19.1 Å². The Morgan fingerprint density at radius 2 is 2.00 bits per heavy atom. The lowest BCUT2D eigenvalue weighted by molar-refractivity contribution is -0.113. The summed E-state index contributed by atoms with van der Waals surface area (Å²) in [6, 6.07) is 11.7. The van der Waals surface area contributed by atoms with Crippen LogP contribution < -0.4 is 5.73 Å². The van der Waals surface area contributed by atoms with Gasteiger partial charge < -0.3 is 10.2 Å². The molecule has 1 heterocycles. The van der Waals surface area contributed by atoms with Crippen molar-refractivity contribution >= 4 is 12.0 Å². The summed E-state index contributed by atoms with van der Waals surface area (Å²) in [5.41, 5.74) is 6.92. The molecule has 86 valence electrons. The number of primary amides is 1. The Labute approximate surface area is 99.6 Å². The standard InChI is InChI=1S/C14H13NO2/c1-10-12(7-8-14(15)16)9-13(17-10)11-5-3-2-4-6-11/h2-9H,1H3,(H2,15,16)/b8-7+. The molecule has 1 amide bonds. The van der Waals surface area contributed by atoms with Crippen molar-refractivity contribution in [2.75, 3.05) is 0 Å². The molecule has 2 rings (SSSR count). The van der Waals surface area contributed by atoms with E-state index in [0.717, 1.165) is 22.6 Å². The lowest BCUT2D eigenvalue weighted by Crippen LogP contribution is -2.05. The highest BCUT2D eigenvalue weighted by atomic mass is 16.3. The van der Waals surface area contributed by atoms with Gasteiger partial charge in [0.1, 0.15) is 11.5 Å². The van der Waals surface area contributed by atoms with E-state index in [4.69, 9.17) is 10.2 Å². The molecule has 0 saturated carbocycles. The molecule has 2 N–H and O–H groups in total. The maximum Gasteiger partial charge on any atom is 0.241 e. The van der Waals surface area contributed by atoms with Crippen LogP contribution in [0.2, 0.25) is 0 Å². The Morgan fingerprint density at radius 1 is 1.29 bits per heavy atom. The normalized spacial score (nSPS) is 10.9. The molecule has 17 heavy (non-hydrogen) atoms. The van der Waals surface area contributed by atoms with Gasteiger partial charge in [0.15, 0.2) is 0 Å². The number of benzene rings is 1. The summed E-state index contributed by atoms with van der Waals surface area (Å²) in [7, 11) is 0. The zero-order chi connectivity index (χ0) is 12.3. The van der Waals surface area contributed by atoms with Gasteiger partial charge in [-0.1, -0.05) is 30.3 Å². The van der Waals surface area contributed by atoms with Crippen LogP contribution in [0.5, 0.6) is 0 Å². The van der Waals surface area contributed by atoms with Crippen molar-refractivity contribution in [3.63, 3.8) is 0 Å². The molecule has 0 unspecified atom stereocenters. The first kappa shape index (κ1) is 11.2. The maximum absolute atomic E-state index is 10.7. The Morgan fingerprint density at radius 3 is 2.65 bits per heavy atom. The van der Waals surface area contributed by atoms with Crippen LogP contribution in [0.4, 0.5) is 0 Å². The van der Waals surface area contributed by atoms with Gasteiger partial charge >= 0.3 is 0 Å². The largest absolute Gasteiger partial charge is 0.461 e. The number of nitrogens with two attached hydrogens (primary N) is 1. The van der Waals surface area contributed by atoms with Gasteiger partial charge in [0.2, 0.25) is 5.91 Å². The smallest absolute Gasteiger partial charge is 0.241 e. The Hall–Kier alpha value is -2.29. The van der Waals surface area contributed by atoms with Crippen LogP contribution in [0.15, 0.2) is 46.9 Å². The van der Waals surface area contributed by atoms with Crippen LogP contribution in [0.25, 0.3) is 17.4 Å². The van der Waals surface area contributed by atoms with E-state index in [-0.39, 0.29) is 0 Å². The fourth-order valence-corrected chi connectivity index (χ4v) is 1.58. The van der Waals surface area contributed by atoms with Crippen molar-refractivity contribution < 1.29 is 9.21 Å². The molecular weight excluding hydrogens is 214 g/mol. The summed E-state index contributed by atoms with van der Waals surface area (Å²) in [6.07, 6.45) is 2.99. The topological polar surface area (TPSA) is 56.2 Å². The number of carbonyl (C=O) groups excluding carboxylic acids is 1. The molecular formula is C14H13NO2. The second kappa shape index (κ2) is 4.70. The molecule has 0 bridgehead atoms. The first-order valence-corrected chi connectivity index (χ1v) is 5.30. The molecule has 0 aliphatic heterocycles. The zero-order valence-electron chi connectivity index (χ0n) is 9.51. The Balaban J connectivity index is 2.34. The maximum atomic E-state index is 10.7. The van der Waals surface area contributed by atoms with Crippen LogP contribution in [0, 0.1) is 6.92 Å². The third-order valence-electron chi connectivity index (χ3n) is 2.44. The summed E-state index contributed by atoms with van der Waals surface area (Å²) in [4.78, 5) is 10.7. The minimum atomic E-state index is -0.466. The molecule has 3 heteroatoms. The minimum Gasteiger partial charge on any atom is -0.461 e. The van der Waals surface area contributed by atoms with Gasteiger partial charge in [-0.2, -0.15) is 0 Å². The number of carbonyl (C=O) groups is 1. The number of aryl methyl sites for hydroxylation is 1. The van der Waals surface area contributed by atoms with Crippen LogP contribution in [-0.4, -0.2) is 5.91 Å². The SMILES string of the molecule is Cc1oc(-c2ccccc2)cc1/C=C/C(N)=O. The molecule has 0 spiro atoms. The fourth-order valence-electron chi connectivity index (χ4n) is 1.58. The third kappa shape index (κ3) is 2.64. The lowest BCUT2D eigenvalue weighted by Gasteiger charge is -1.93. The number of amides is 1. The highest BCUT2D eigenvalue weighted by molar-refractivity contribution is 5.90. The highest BCUT2D eigenvalue weighted by Gasteiger charge is 2.06. The zero-order valence-corrected chi connectivity index (χ0v) is 9.51. The van der Waals surface area contributed by atoms with Crippen LogP contribution >= 0.6 is 0 Å². The summed E-state index contributed by atoms with van der Waals surface area (Å²) < 4.78 is 5.63. The van der Waals surface area contributed by atoms with E-state index < -0.39 is 5.91 Å². The van der Waals surface area contributed by atoms with Gasteiger partial charge in [-0.3, -0.25) is 4.79 Å². The molecule has 1 aromatic heterocycles. The predicted molar refractivity (Wildman–Crippen MR) is 67.1 cm³/mol. The van der Waals surface area contributed by atoms with Crippen LogP contribution in [0.1, 0.15) is 11.3 Å². The van der Waals surface area contributed by atoms with E-state index in [0.29, 0.717) is 0 Å². The summed E-state index contributed by atoms with van der Waals surface area (Å²) >= 11 is 0. The molecule has 0 aliphatic carbocycles. The molecule has 0 fully saturated rings. The highest BCUT2D eigenvalue weighted by Crippen LogP contribution is 2.25. The van der Waals surface area contributed by atoms with Crippen LogP contribution in [0.3, 0.4) is 0 Å². The van der Waals surface area contributed by atoms with E-state index in [1.165, 1.54) is 6.08 Å². The van der Waals surface area contributed by atoms with Gasteiger partial charge in [0.25, 0.3) is 0 Å². The summed E-state index contributed by atoms with van der Waals surface area (Å²) in [5, 5.41) is 0. The minimum absolute atomic E-state index is 0.466. The molecule has 0 saturated heterocycles. The number of hydrogen-bond acceptors (Lipinski definition) is 2. The van der Waals surface area contributed by atoms with Crippen molar-refractivity contribution in [3.05, 3.63) is 53.8 Å². The third-order valence-corrected chi connectivity index (χ3v) is 2.44. The lowest BCUT2D eigenvalue weighted by atomic mass is 10.1. The van der Waals surface area contributed by atoms with E-state index in [1.54, 1.807) is 6.08 Å². The Kier molecular flexibility index (Phi) is 3.10. The van der Waals surface area contributed by atoms with Crippen molar-refractivity contribution in [2.45, 2.75) is 6.92 Å². The fraction of sp³-hybridized carbons (Fsp3) is 0.0714. The van der Waals surface area contributed by atoms with E-state index in [9.17, 15) is 4.79 Å². The average molecular weight is 227 g/mol. The van der Waals surface area contributed by atoms with Crippen LogP contribution in [-0.2, 0) is 4.79 Å². The van der Waals surface area contributed by atoms with Crippen molar-refractivity contribution in [2.24, 2.45) is 5.73 Å². The molecule has 2 aromatic rings. The van der Waals surface area contributed by atoms with Crippen molar-refractivity contribution in [3.8, 4) is 11.3 Å². The number of rotatable bonds is 3. The van der Waals surface area contributed by atoms with E-state index in [1.807, 2.05) is 43.3 Å². The molecule has 0 radical (unpaired) electrons. The van der Waals surface area contributed by atoms with E-state index >= 15 is 0 Å². The molecule has 0 aliphatic rings. The number of hydrogen-bond donors (Lipinski definition) is 1. The van der Waals surface area contributed by atoms with Gasteiger partial charge in [-0.25, -0.2) is 0 Å².